The van der Waals surface area contributed by atoms with Crippen molar-refractivity contribution in [3.8, 4) is 5.75 Å². The second kappa shape index (κ2) is 9.66. The SMILES string of the molecule is CCc1ccccc1NC(=O)Cn1c(SCc2ccc(OC)cc2)nc2ccncc21. The van der Waals surface area contributed by atoms with Crippen molar-refractivity contribution in [2.75, 3.05) is 12.4 Å². The molecule has 31 heavy (non-hydrogen) atoms. The third-order valence-electron chi connectivity index (χ3n) is 5.02. The fraction of sp³-hybridized carbons (Fsp3) is 0.208. The maximum absolute atomic E-state index is 12.9. The van der Waals surface area contributed by atoms with Crippen molar-refractivity contribution in [3.63, 3.8) is 0 Å². The zero-order chi connectivity index (χ0) is 21.6. The van der Waals surface area contributed by atoms with Gasteiger partial charge >= 0.3 is 0 Å². The number of pyridine rings is 1. The highest BCUT2D eigenvalue weighted by molar-refractivity contribution is 7.98. The summed E-state index contributed by atoms with van der Waals surface area (Å²) < 4.78 is 7.16. The van der Waals surface area contributed by atoms with E-state index in [0.717, 1.165) is 50.9 Å². The highest BCUT2D eigenvalue weighted by atomic mass is 32.2. The van der Waals surface area contributed by atoms with Crippen LogP contribution < -0.4 is 10.1 Å². The van der Waals surface area contributed by atoms with Crippen molar-refractivity contribution in [2.24, 2.45) is 0 Å². The fourth-order valence-electron chi connectivity index (χ4n) is 3.36. The minimum Gasteiger partial charge on any atom is -0.497 e. The number of rotatable bonds is 8. The first kappa shape index (κ1) is 20.9. The molecule has 0 saturated heterocycles. The van der Waals surface area contributed by atoms with E-state index in [4.69, 9.17) is 9.72 Å². The number of methoxy groups -OCH3 is 1. The van der Waals surface area contributed by atoms with Crippen molar-refractivity contribution < 1.29 is 9.53 Å². The number of nitrogens with one attached hydrogen (secondary N) is 1. The number of hydrogen-bond donors (Lipinski definition) is 1. The maximum atomic E-state index is 12.9. The van der Waals surface area contributed by atoms with Crippen molar-refractivity contribution >= 4 is 34.4 Å². The molecule has 0 aliphatic rings. The number of anilines is 1. The normalized spacial score (nSPS) is 10.9. The average molecular weight is 433 g/mol. The summed E-state index contributed by atoms with van der Waals surface area (Å²) in [6, 6.07) is 17.7. The Morgan fingerprint density at radius 2 is 1.94 bits per heavy atom. The van der Waals surface area contributed by atoms with Gasteiger partial charge in [-0.05, 0) is 41.8 Å². The molecule has 0 spiro atoms. The number of carbonyl (C=O) groups excluding carboxylic acids is 1. The van der Waals surface area contributed by atoms with Gasteiger partial charge in [-0.2, -0.15) is 0 Å². The number of ether oxygens (including phenoxy) is 1. The number of fused-ring (bicyclic) bond motifs is 1. The van der Waals surface area contributed by atoms with Gasteiger partial charge in [-0.1, -0.05) is 49.0 Å². The Labute approximate surface area is 185 Å². The fourth-order valence-corrected chi connectivity index (χ4v) is 4.33. The van der Waals surface area contributed by atoms with Crippen LogP contribution in [0.5, 0.6) is 5.75 Å². The Hall–Kier alpha value is -3.32. The molecule has 0 saturated carbocycles. The second-order valence-electron chi connectivity index (χ2n) is 7.04. The predicted molar refractivity (Wildman–Crippen MR) is 125 cm³/mol. The van der Waals surface area contributed by atoms with Crippen LogP contribution in [-0.2, 0) is 23.5 Å². The van der Waals surface area contributed by atoms with Gasteiger partial charge in [-0.25, -0.2) is 4.98 Å². The maximum Gasteiger partial charge on any atom is 0.244 e. The summed E-state index contributed by atoms with van der Waals surface area (Å²) in [5, 5.41) is 3.84. The van der Waals surface area contributed by atoms with E-state index in [1.54, 1.807) is 31.3 Å². The van der Waals surface area contributed by atoms with Gasteiger partial charge in [0.2, 0.25) is 5.91 Å². The van der Waals surface area contributed by atoms with E-state index >= 15 is 0 Å². The van der Waals surface area contributed by atoms with Crippen LogP contribution in [0.3, 0.4) is 0 Å². The number of para-hydroxylation sites is 1. The number of aromatic nitrogens is 3. The molecular weight excluding hydrogens is 408 g/mol. The lowest BCUT2D eigenvalue weighted by molar-refractivity contribution is -0.116. The molecule has 2 aromatic heterocycles. The largest absolute Gasteiger partial charge is 0.497 e. The van der Waals surface area contributed by atoms with E-state index in [9.17, 15) is 4.79 Å². The second-order valence-corrected chi connectivity index (χ2v) is 7.98. The van der Waals surface area contributed by atoms with Crippen LogP contribution >= 0.6 is 11.8 Å². The number of nitrogens with zero attached hydrogens (tertiary/aromatic N) is 3. The average Bonchev–Trinajstić information content (AvgIpc) is 3.15. The lowest BCUT2D eigenvalue weighted by atomic mass is 10.1. The topological polar surface area (TPSA) is 69.0 Å². The number of imidazole rings is 1. The molecule has 4 aromatic rings. The number of benzene rings is 2. The molecule has 1 N–H and O–H groups in total. The summed E-state index contributed by atoms with van der Waals surface area (Å²) in [6.07, 6.45) is 4.33. The monoisotopic (exact) mass is 432 g/mol. The van der Waals surface area contributed by atoms with E-state index in [1.807, 2.05) is 59.2 Å². The van der Waals surface area contributed by atoms with E-state index in [-0.39, 0.29) is 12.5 Å². The Morgan fingerprint density at radius 3 is 2.71 bits per heavy atom. The van der Waals surface area contributed by atoms with E-state index < -0.39 is 0 Å². The van der Waals surface area contributed by atoms with Gasteiger partial charge in [0.05, 0.1) is 24.3 Å². The number of carbonyl (C=O) groups is 1. The minimum absolute atomic E-state index is 0.0876. The van der Waals surface area contributed by atoms with Gasteiger partial charge in [0, 0.05) is 17.6 Å². The summed E-state index contributed by atoms with van der Waals surface area (Å²) >= 11 is 1.60. The molecule has 2 aromatic carbocycles. The molecule has 0 fully saturated rings. The smallest absolute Gasteiger partial charge is 0.244 e. The number of thioether (sulfide) groups is 1. The molecule has 2 heterocycles. The zero-order valence-corrected chi connectivity index (χ0v) is 18.4. The minimum atomic E-state index is -0.0876. The van der Waals surface area contributed by atoms with E-state index in [1.165, 1.54) is 0 Å². The lowest BCUT2D eigenvalue weighted by Gasteiger charge is -2.12. The van der Waals surface area contributed by atoms with Gasteiger partial charge in [0.25, 0.3) is 0 Å². The summed E-state index contributed by atoms with van der Waals surface area (Å²) in [7, 11) is 1.66. The third-order valence-corrected chi connectivity index (χ3v) is 6.06. The molecule has 158 valence electrons. The highest BCUT2D eigenvalue weighted by Gasteiger charge is 2.15. The summed E-state index contributed by atoms with van der Waals surface area (Å²) in [4.78, 5) is 21.8. The Kier molecular flexibility index (Phi) is 6.52. The molecular formula is C24H24N4O2S. The van der Waals surface area contributed by atoms with Crippen LogP contribution in [0.4, 0.5) is 5.69 Å². The molecule has 0 atom stereocenters. The Bertz CT molecular complexity index is 1190. The molecule has 0 bridgehead atoms. The zero-order valence-electron chi connectivity index (χ0n) is 17.5. The molecule has 6 nitrogen and oxygen atoms in total. The number of hydrogen-bond acceptors (Lipinski definition) is 5. The van der Waals surface area contributed by atoms with Crippen LogP contribution in [0.1, 0.15) is 18.1 Å². The van der Waals surface area contributed by atoms with Gasteiger partial charge in [-0.3, -0.25) is 9.78 Å². The highest BCUT2D eigenvalue weighted by Crippen LogP contribution is 2.27. The van der Waals surface area contributed by atoms with Gasteiger partial charge in [0.15, 0.2) is 5.16 Å². The molecule has 0 aliphatic heterocycles. The first-order chi connectivity index (χ1) is 15.2. The van der Waals surface area contributed by atoms with Crippen LogP contribution in [0.25, 0.3) is 11.0 Å². The van der Waals surface area contributed by atoms with E-state index in [2.05, 4.69) is 17.2 Å². The van der Waals surface area contributed by atoms with Gasteiger partial charge < -0.3 is 14.6 Å². The summed E-state index contributed by atoms with van der Waals surface area (Å²) in [5.41, 5.74) is 4.79. The lowest BCUT2D eigenvalue weighted by Crippen LogP contribution is -2.20. The Morgan fingerprint density at radius 1 is 1.13 bits per heavy atom. The Balaban J connectivity index is 1.55. The van der Waals surface area contributed by atoms with Crippen LogP contribution in [0, 0.1) is 0 Å². The van der Waals surface area contributed by atoms with Crippen molar-refractivity contribution in [2.45, 2.75) is 30.8 Å². The van der Waals surface area contributed by atoms with Crippen molar-refractivity contribution in [3.05, 3.63) is 78.1 Å². The van der Waals surface area contributed by atoms with Crippen LogP contribution in [-0.4, -0.2) is 27.6 Å². The van der Waals surface area contributed by atoms with Crippen molar-refractivity contribution in [1.82, 2.24) is 14.5 Å². The van der Waals surface area contributed by atoms with Gasteiger partial charge in [0.1, 0.15) is 12.3 Å². The summed E-state index contributed by atoms with van der Waals surface area (Å²) in [5.74, 6) is 1.48. The molecule has 4 rings (SSSR count). The van der Waals surface area contributed by atoms with E-state index in [0.29, 0.717) is 0 Å². The molecule has 7 heteroatoms. The predicted octanol–water partition coefficient (Wildman–Crippen LogP) is 4.93. The first-order valence-corrected chi connectivity index (χ1v) is 11.1. The molecule has 0 aliphatic carbocycles. The molecule has 0 unspecified atom stereocenters. The number of aryl methyl sites for hydroxylation is 1. The quantitative estimate of drug-likeness (QED) is 0.400. The van der Waals surface area contributed by atoms with Crippen LogP contribution in [0.15, 0.2) is 72.1 Å². The molecule has 0 radical (unpaired) electrons. The standard InChI is InChI=1S/C24H24N4O2S/c1-3-18-6-4-5-7-20(18)26-23(29)15-28-22-14-25-13-12-21(22)27-24(28)31-16-17-8-10-19(30-2)11-9-17/h4-14H,3,15-16H2,1-2H3,(H,26,29). The van der Waals surface area contributed by atoms with Gasteiger partial charge in [-0.15, -0.1) is 0 Å². The third kappa shape index (κ3) is 4.88. The summed E-state index contributed by atoms with van der Waals surface area (Å²) in [6.45, 7) is 2.25. The number of amides is 1. The molecule has 1 amide bonds. The van der Waals surface area contributed by atoms with Crippen molar-refractivity contribution in [1.29, 1.82) is 0 Å². The van der Waals surface area contributed by atoms with Crippen LogP contribution in [0.2, 0.25) is 0 Å². The first-order valence-electron chi connectivity index (χ1n) is 10.1.